The van der Waals surface area contributed by atoms with Gasteiger partial charge in [0, 0.05) is 44.1 Å². The quantitative estimate of drug-likeness (QED) is 0.739. The predicted molar refractivity (Wildman–Crippen MR) is 38.7 cm³/mol. The minimum Gasteiger partial charge on any atom is -0.394 e. The van der Waals surface area contributed by atoms with E-state index in [1.54, 1.807) is 25.2 Å². The molecule has 0 aromatic heterocycles. The van der Waals surface area contributed by atoms with E-state index in [2.05, 4.69) is 11.4 Å². The average Bonchev–Trinajstić information content (AvgIpc) is 2.05. The van der Waals surface area contributed by atoms with Gasteiger partial charge in [0.15, 0.2) is 5.91 Å². The zero-order valence-corrected chi connectivity index (χ0v) is 11.0. The fraction of sp³-hybridized carbons (Fsp3) is 0.125. The van der Waals surface area contributed by atoms with Crippen LogP contribution in [-0.4, -0.2) is 13.0 Å². The van der Waals surface area contributed by atoms with Gasteiger partial charge in [-0.05, 0) is 7.05 Å². The molecule has 0 saturated heterocycles. The molecule has 3 heteroatoms. The number of amides is 1. The van der Waals surface area contributed by atoms with Gasteiger partial charge in [0.05, 0.1) is 0 Å². The summed E-state index contributed by atoms with van der Waals surface area (Å²) >= 11 is 0. The van der Waals surface area contributed by atoms with Crippen LogP contribution < -0.4 is 5.32 Å². The summed E-state index contributed by atoms with van der Waals surface area (Å²) in [4.78, 5) is 10.9. The number of rotatable bonds is 1. The Kier molecular flexibility index (Phi) is 5.81. The second kappa shape index (κ2) is 5.74. The van der Waals surface area contributed by atoms with Crippen molar-refractivity contribution in [2.45, 2.75) is 0 Å². The van der Waals surface area contributed by atoms with E-state index in [1.165, 1.54) is 0 Å². The van der Waals surface area contributed by atoms with E-state index in [0.29, 0.717) is 5.56 Å². The molecule has 0 bridgehead atoms. The van der Waals surface area contributed by atoms with Gasteiger partial charge in [-0.2, -0.15) is 0 Å². The third kappa shape index (κ3) is 3.35. The van der Waals surface area contributed by atoms with Crippen LogP contribution in [0.25, 0.3) is 0 Å². The van der Waals surface area contributed by atoms with Gasteiger partial charge < -0.3 is 10.1 Å². The summed E-state index contributed by atoms with van der Waals surface area (Å²) in [5.74, 6) is -0.0967. The Bertz CT molecular complexity index is 223. The van der Waals surface area contributed by atoms with Crippen LogP contribution in [0.2, 0.25) is 0 Å². The zero-order chi connectivity index (χ0) is 7.40. The van der Waals surface area contributed by atoms with E-state index in [-0.39, 0.29) is 50.0 Å². The van der Waals surface area contributed by atoms with Gasteiger partial charge in [-0.25, -0.2) is 0 Å². The predicted octanol–water partition coefficient (Wildman–Crippen LogP) is 0.846. The minimum atomic E-state index is -0.0967. The summed E-state index contributed by atoms with van der Waals surface area (Å²) < 4.78 is 0. The number of carbonyl (C=O) groups excluding carboxylic acids is 1. The van der Waals surface area contributed by atoms with E-state index in [9.17, 15) is 4.79 Å². The number of benzene rings is 1. The van der Waals surface area contributed by atoms with Crippen LogP contribution in [-0.2, 0) is 0 Å². The van der Waals surface area contributed by atoms with Crippen molar-refractivity contribution in [3.63, 3.8) is 0 Å². The summed E-state index contributed by atoms with van der Waals surface area (Å²) in [6.07, 6.45) is 0. The zero-order valence-electron chi connectivity index (χ0n) is 6.29. The topological polar surface area (TPSA) is 29.1 Å². The molecular formula is C8H8AcNO-. The standard InChI is InChI=1S/C8H8NO.Ac/c1-9-8(10)7-5-3-2-4-6-7;/h2-5H,1H3,(H,9,10);/q-1;. The summed E-state index contributed by atoms with van der Waals surface area (Å²) in [6, 6.07) is 9.87. The van der Waals surface area contributed by atoms with Crippen molar-refractivity contribution in [3.8, 4) is 0 Å². The molecule has 1 aromatic rings. The summed E-state index contributed by atoms with van der Waals surface area (Å²) in [7, 11) is 1.60. The first-order chi connectivity index (χ1) is 4.84. The molecule has 1 radical (unpaired) electrons. The molecule has 0 aliphatic carbocycles. The third-order valence-electron chi connectivity index (χ3n) is 1.18. The number of nitrogens with one attached hydrogen (secondary N) is 1. The molecule has 1 rings (SSSR count). The molecule has 0 aliphatic heterocycles. The van der Waals surface area contributed by atoms with Crippen molar-refractivity contribution in [3.05, 3.63) is 35.9 Å². The molecule has 55 valence electrons. The smallest absolute Gasteiger partial charge is 0.165 e. The summed E-state index contributed by atoms with van der Waals surface area (Å²) in [5.41, 5.74) is 0.574. The van der Waals surface area contributed by atoms with E-state index in [4.69, 9.17) is 0 Å². The van der Waals surface area contributed by atoms with Crippen LogP contribution in [0, 0.1) is 50.1 Å². The van der Waals surface area contributed by atoms with Crippen LogP contribution in [0.1, 0.15) is 10.4 Å². The average molecular weight is 361 g/mol. The largest absolute Gasteiger partial charge is 0.394 e. The Labute approximate surface area is 102 Å². The molecule has 2 nitrogen and oxygen atoms in total. The van der Waals surface area contributed by atoms with E-state index < -0.39 is 0 Å². The van der Waals surface area contributed by atoms with E-state index in [1.807, 2.05) is 6.07 Å². The molecule has 0 saturated carbocycles. The second-order valence-corrected chi connectivity index (χ2v) is 1.86. The Morgan fingerprint density at radius 2 is 2.27 bits per heavy atom. The fourth-order valence-corrected chi connectivity index (χ4v) is 0.669. The summed E-state index contributed by atoms with van der Waals surface area (Å²) in [6.45, 7) is 0. The maximum absolute atomic E-state index is 10.9. The molecule has 0 aliphatic rings. The van der Waals surface area contributed by atoms with Gasteiger partial charge in [-0.1, -0.05) is 5.56 Å². The van der Waals surface area contributed by atoms with Crippen molar-refractivity contribution < 1.29 is 48.9 Å². The van der Waals surface area contributed by atoms with Crippen molar-refractivity contribution in [1.82, 2.24) is 5.32 Å². The normalized spacial score (nSPS) is 8.09. The third-order valence-corrected chi connectivity index (χ3v) is 1.18. The SMILES string of the molecule is CNC(=O)c1[c-]cccc1.[Ac]. The van der Waals surface area contributed by atoms with E-state index >= 15 is 0 Å². The molecule has 0 spiro atoms. The fourth-order valence-electron chi connectivity index (χ4n) is 0.669. The maximum Gasteiger partial charge on any atom is 0.165 e. The van der Waals surface area contributed by atoms with Crippen molar-refractivity contribution in [2.24, 2.45) is 0 Å². The molecule has 0 unspecified atom stereocenters. The van der Waals surface area contributed by atoms with Crippen LogP contribution in [0.5, 0.6) is 0 Å². The molecule has 11 heavy (non-hydrogen) atoms. The number of hydrogen-bond acceptors (Lipinski definition) is 1. The molecule has 0 fully saturated rings. The van der Waals surface area contributed by atoms with E-state index in [0.717, 1.165) is 0 Å². The first-order valence-corrected chi connectivity index (χ1v) is 3.03. The first kappa shape index (κ1) is 11.1. The molecule has 1 amide bonds. The van der Waals surface area contributed by atoms with Crippen molar-refractivity contribution in [1.29, 1.82) is 0 Å². The maximum atomic E-state index is 10.9. The van der Waals surface area contributed by atoms with Gasteiger partial charge in [-0.15, -0.1) is 30.3 Å². The molecule has 1 N–H and O–H groups in total. The Balaban J connectivity index is 0.000001000. The van der Waals surface area contributed by atoms with Gasteiger partial charge in [0.2, 0.25) is 0 Å². The van der Waals surface area contributed by atoms with Gasteiger partial charge in [0.25, 0.3) is 0 Å². The number of hydrogen-bond donors (Lipinski definition) is 1. The Hall–Kier alpha value is 0.132. The van der Waals surface area contributed by atoms with Crippen LogP contribution >= 0.6 is 0 Å². The van der Waals surface area contributed by atoms with Crippen molar-refractivity contribution in [2.75, 3.05) is 7.05 Å². The Morgan fingerprint density at radius 3 is 2.73 bits per heavy atom. The first-order valence-electron chi connectivity index (χ1n) is 3.03. The van der Waals surface area contributed by atoms with Gasteiger partial charge in [-0.3, -0.25) is 0 Å². The monoisotopic (exact) mass is 361 g/mol. The van der Waals surface area contributed by atoms with Gasteiger partial charge in [0.1, 0.15) is 0 Å². The molecule has 0 atom stereocenters. The Morgan fingerprint density at radius 1 is 1.55 bits per heavy atom. The minimum absolute atomic E-state index is 0. The van der Waals surface area contributed by atoms with Crippen LogP contribution in [0.15, 0.2) is 24.3 Å². The number of carbonyl (C=O) groups is 1. The molecule has 0 heterocycles. The second-order valence-electron chi connectivity index (χ2n) is 1.86. The van der Waals surface area contributed by atoms with Gasteiger partial charge >= 0.3 is 0 Å². The molecular weight excluding hydrogens is 353 g/mol. The molecule has 1 aromatic carbocycles. The van der Waals surface area contributed by atoms with Crippen LogP contribution in [0.4, 0.5) is 0 Å². The van der Waals surface area contributed by atoms with Crippen LogP contribution in [0.3, 0.4) is 0 Å². The summed E-state index contributed by atoms with van der Waals surface area (Å²) in [5, 5.41) is 2.51. The van der Waals surface area contributed by atoms with Crippen molar-refractivity contribution >= 4 is 5.91 Å².